The van der Waals surface area contributed by atoms with Gasteiger partial charge in [-0.1, -0.05) is 12.1 Å². The van der Waals surface area contributed by atoms with Crippen LogP contribution in [0.1, 0.15) is 37.9 Å². The van der Waals surface area contributed by atoms with Gasteiger partial charge in [0.15, 0.2) is 5.82 Å². The number of carbonyl (C=O) groups is 2. The van der Waals surface area contributed by atoms with E-state index in [1.54, 1.807) is 0 Å². The summed E-state index contributed by atoms with van der Waals surface area (Å²) in [6.45, 7) is 0.948. The largest absolute Gasteiger partial charge is 0.481 e. The molecule has 0 aromatic carbocycles. The van der Waals surface area contributed by atoms with Crippen molar-refractivity contribution in [2.45, 2.75) is 45.2 Å². The molecule has 25 heavy (non-hydrogen) atoms. The maximum Gasteiger partial charge on any atom is 0.394 e. The van der Waals surface area contributed by atoms with Gasteiger partial charge in [-0.2, -0.15) is 18.2 Å². The Hall–Kier alpha value is -2.13. The van der Waals surface area contributed by atoms with Crippen LogP contribution in [0.4, 0.5) is 13.2 Å². The first-order chi connectivity index (χ1) is 11.7. The number of carboxylic acids is 1. The summed E-state index contributed by atoms with van der Waals surface area (Å²) in [6.07, 6.45) is -2.39. The average Bonchev–Trinajstić information content (AvgIpc) is 3.14. The number of aromatic nitrogens is 2. The van der Waals surface area contributed by atoms with Gasteiger partial charge in [-0.3, -0.25) is 9.59 Å². The molecule has 7 nitrogen and oxygen atoms in total. The molecule has 0 aliphatic carbocycles. The molecular formula is C15H20F3N3O4. The predicted molar refractivity (Wildman–Crippen MR) is 78.5 cm³/mol. The summed E-state index contributed by atoms with van der Waals surface area (Å²) in [5.41, 5.74) is 0. The zero-order valence-corrected chi connectivity index (χ0v) is 13.8. The molecule has 1 aromatic heterocycles. The lowest BCUT2D eigenvalue weighted by Crippen LogP contribution is -2.34. The molecule has 2 heterocycles. The zero-order valence-electron chi connectivity index (χ0n) is 13.8. The molecule has 140 valence electrons. The molecule has 1 N–H and O–H groups in total. The number of nitrogens with zero attached hydrogens (tertiary/aromatic N) is 3. The summed E-state index contributed by atoms with van der Waals surface area (Å²) >= 11 is 0. The van der Waals surface area contributed by atoms with Crippen molar-refractivity contribution in [3.63, 3.8) is 0 Å². The Labute approximate surface area is 142 Å². The van der Waals surface area contributed by atoms with Crippen LogP contribution in [-0.4, -0.2) is 51.3 Å². The summed E-state index contributed by atoms with van der Waals surface area (Å²) in [4.78, 5) is 28.2. The van der Waals surface area contributed by atoms with E-state index in [9.17, 15) is 22.8 Å². The van der Waals surface area contributed by atoms with Crippen molar-refractivity contribution in [1.82, 2.24) is 15.0 Å². The number of aryl methyl sites for hydroxylation is 2. The molecule has 1 fully saturated rings. The molecule has 0 spiro atoms. The van der Waals surface area contributed by atoms with Gasteiger partial charge in [0.25, 0.3) is 0 Å². The monoisotopic (exact) mass is 363 g/mol. The Morgan fingerprint density at radius 2 is 2.04 bits per heavy atom. The van der Waals surface area contributed by atoms with Gasteiger partial charge in [0.2, 0.25) is 11.8 Å². The first-order valence-corrected chi connectivity index (χ1v) is 8.11. The third kappa shape index (κ3) is 4.93. The van der Waals surface area contributed by atoms with Crippen LogP contribution < -0.4 is 0 Å². The van der Waals surface area contributed by atoms with E-state index in [1.165, 1.54) is 0 Å². The highest BCUT2D eigenvalue weighted by atomic mass is 19.4. The molecular weight excluding hydrogens is 343 g/mol. The van der Waals surface area contributed by atoms with Crippen molar-refractivity contribution >= 4 is 11.9 Å². The molecule has 0 radical (unpaired) electrons. The SMILES string of the molecule is CCCc1noc(CCCC(=O)N2C[C@@H](C(F)(F)F)[C@H](C(=O)O)C2)n1. The van der Waals surface area contributed by atoms with Crippen molar-refractivity contribution in [3.05, 3.63) is 11.7 Å². The number of alkyl halides is 3. The molecule has 1 aliphatic rings. The highest BCUT2D eigenvalue weighted by Crippen LogP contribution is 2.37. The maximum absolute atomic E-state index is 12.9. The number of halogens is 3. The fourth-order valence-corrected chi connectivity index (χ4v) is 2.86. The second kappa shape index (κ2) is 7.83. The van der Waals surface area contributed by atoms with Crippen LogP contribution in [0, 0.1) is 11.8 Å². The van der Waals surface area contributed by atoms with Gasteiger partial charge in [-0.05, 0) is 12.8 Å². The van der Waals surface area contributed by atoms with E-state index in [4.69, 9.17) is 9.63 Å². The van der Waals surface area contributed by atoms with Crippen LogP contribution in [0.15, 0.2) is 4.52 Å². The van der Waals surface area contributed by atoms with Gasteiger partial charge in [0.05, 0.1) is 11.8 Å². The van der Waals surface area contributed by atoms with E-state index in [-0.39, 0.29) is 6.42 Å². The lowest BCUT2D eigenvalue weighted by molar-refractivity contribution is -0.188. The number of carbonyl (C=O) groups excluding carboxylic acids is 1. The van der Waals surface area contributed by atoms with E-state index in [2.05, 4.69) is 10.1 Å². The lowest BCUT2D eigenvalue weighted by atomic mass is 9.96. The smallest absolute Gasteiger partial charge is 0.394 e. The first kappa shape index (κ1) is 19.2. The Balaban J connectivity index is 1.85. The fraction of sp³-hybridized carbons (Fsp3) is 0.733. The fourth-order valence-electron chi connectivity index (χ4n) is 2.86. The second-order valence-corrected chi connectivity index (χ2v) is 6.10. The molecule has 0 bridgehead atoms. The summed E-state index contributed by atoms with van der Waals surface area (Å²) in [5.74, 6) is -4.70. The molecule has 2 atom stereocenters. The van der Waals surface area contributed by atoms with E-state index < -0.39 is 43.0 Å². The number of hydrogen-bond acceptors (Lipinski definition) is 5. The average molecular weight is 363 g/mol. The van der Waals surface area contributed by atoms with Crippen molar-refractivity contribution in [3.8, 4) is 0 Å². The standard InChI is InChI=1S/C15H20F3N3O4/c1-2-4-11-19-12(25-20-11)5-3-6-13(22)21-7-9(14(23)24)10(8-21)15(16,17)18/h9-10H,2-8H2,1H3,(H,23,24)/t9-,10-/m1/s1. The molecule has 1 aliphatic heterocycles. The summed E-state index contributed by atoms with van der Waals surface area (Å²) in [7, 11) is 0. The van der Waals surface area contributed by atoms with Gasteiger partial charge < -0.3 is 14.5 Å². The molecule has 0 saturated carbocycles. The van der Waals surface area contributed by atoms with Gasteiger partial charge in [0.1, 0.15) is 0 Å². The third-order valence-electron chi connectivity index (χ3n) is 4.18. The highest BCUT2D eigenvalue weighted by Gasteiger charge is 2.53. The number of amides is 1. The minimum Gasteiger partial charge on any atom is -0.481 e. The Morgan fingerprint density at radius 1 is 1.32 bits per heavy atom. The molecule has 1 aromatic rings. The van der Waals surface area contributed by atoms with Crippen LogP contribution in [0.25, 0.3) is 0 Å². The van der Waals surface area contributed by atoms with Crippen molar-refractivity contribution < 1.29 is 32.4 Å². The van der Waals surface area contributed by atoms with Gasteiger partial charge in [0, 0.05) is 32.4 Å². The topological polar surface area (TPSA) is 96.5 Å². The van der Waals surface area contributed by atoms with Crippen LogP contribution >= 0.6 is 0 Å². The number of carboxylic acid groups (broad SMARTS) is 1. The van der Waals surface area contributed by atoms with Crippen LogP contribution in [0.5, 0.6) is 0 Å². The Kier molecular flexibility index (Phi) is 6.02. The number of rotatable bonds is 7. The van der Waals surface area contributed by atoms with Gasteiger partial charge >= 0.3 is 12.1 Å². The van der Waals surface area contributed by atoms with Crippen LogP contribution in [0.2, 0.25) is 0 Å². The number of likely N-dealkylation sites (tertiary alicyclic amines) is 1. The molecule has 2 rings (SSSR count). The Morgan fingerprint density at radius 3 is 2.60 bits per heavy atom. The van der Waals surface area contributed by atoms with E-state index in [0.717, 1.165) is 11.3 Å². The van der Waals surface area contributed by atoms with E-state index >= 15 is 0 Å². The van der Waals surface area contributed by atoms with E-state index in [0.29, 0.717) is 31.0 Å². The molecule has 1 saturated heterocycles. The molecule has 10 heteroatoms. The zero-order chi connectivity index (χ0) is 18.6. The van der Waals surface area contributed by atoms with Gasteiger partial charge in [-0.15, -0.1) is 0 Å². The predicted octanol–water partition coefficient (Wildman–Crippen LogP) is 2.07. The normalized spacial score (nSPS) is 20.9. The van der Waals surface area contributed by atoms with Gasteiger partial charge in [-0.25, -0.2) is 0 Å². The maximum atomic E-state index is 12.9. The van der Waals surface area contributed by atoms with E-state index in [1.807, 2.05) is 6.92 Å². The van der Waals surface area contributed by atoms with Crippen molar-refractivity contribution in [2.24, 2.45) is 11.8 Å². The van der Waals surface area contributed by atoms with Crippen LogP contribution in [0.3, 0.4) is 0 Å². The quantitative estimate of drug-likeness (QED) is 0.797. The summed E-state index contributed by atoms with van der Waals surface area (Å²) in [5, 5.41) is 12.7. The Bertz CT molecular complexity index is 617. The summed E-state index contributed by atoms with van der Waals surface area (Å²) < 4.78 is 43.8. The minimum atomic E-state index is -4.64. The third-order valence-corrected chi connectivity index (χ3v) is 4.18. The number of aliphatic carboxylic acids is 1. The summed E-state index contributed by atoms with van der Waals surface area (Å²) in [6, 6.07) is 0. The molecule has 1 amide bonds. The minimum absolute atomic E-state index is 0.00239. The van der Waals surface area contributed by atoms with Crippen molar-refractivity contribution in [1.29, 1.82) is 0 Å². The molecule has 0 unspecified atom stereocenters. The number of hydrogen-bond donors (Lipinski definition) is 1. The highest BCUT2D eigenvalue weighted by molar-refractivity contribution is 5.79. The second-order valence-electron chi connectivity index (χ2n) is 6.10. The lowest BCUT2D eigenvalue weighted by Gasteiger charge is -2.18. The van der Waals surface area contributed by atoms with Crippen molar-refractivity contribution in [2.75, 3.05) is 13.1 Å². The first-order valence-electron chi connectivity index (χ1n) is 8.11. The van der Waals surface area contributed by atoms with Crippen LogP contribution in [-0.2, 0) is 22.4 Å².